The number of ether oxygens (including phenoxy) is 1. The van der Waals surface area contributed by atoms with Crippen molar-refractivity contribution in [2.24, 2.45) is 5.92 Å². The van der Waals surface area contributed by atoms with Crippen LogP contribution in [0.5, 0.6) is 0 Å². The highest BCUT2D eigenvalue weighted by Gasteiger charge is 2.35. The van der Waals surface area contributed by atoms with Gasteiger partial charge in [0.05, 0.1) is 23.9 Å². The quantitative estimate of drug-likeness (QED) is 0.787. The first-order valence-corrected chi connectivity index (χ1v) is 11.2. The minimum absolute atomic E-state index is 0.0427. The van der Waals surface area contributed by atoms with Gasteiger partial charge in [-0.3, -0.25) is 14.8 Å². The van der Waals surface area contributed by atoms with E-state index in [1.165, 1.54) is 19.4 Å². The fraction of sp³-hybridized carbons (Fsp3) is 0.565. The predicted octanol–water partition coefficient (Wildman–Crippen LogP) is 1.70. The van der Waals surface area contributed by atoms with Crippen LogP contribution in [0.2, 0.25) is 0 Å². The molecule has 2 saturated heterocycles. The maximum absolute atomic E-state index is 13.0. The predicted molar refractivity (Wildman–Crippen MR) is 117 cm³/mol. The molecule has 1 saturated carbocycles. The van der Waals surface area contributed by atoms with Crippen LogP contribution in [-0.2, 0) is 9.53 Å². The lowest BCUT2D eigenvalue weighted by atomic mass is 10.1. The molecule has 1 amide bonds. The summed E-state index contributed by atoms with van der Waals surface area (Å²) in [7, 11) is 0. The number of carbonyl (C=O) groups is 1. The van der Waals surface area contributed by atoms with E-state index in [1.54, 1.807) is 18.5 Å². The standard InChI is InChI=1S/C23H28N6O2/c1-15-11-29(19-5-4-17(10-24)21-22(19)26-8-7-25-21)14-20(31-15)23(30)27-18-6-9-28(13-18)12-16-2-3-16/h4-5,7-8,15-16,18,20H,2-3,6,9,11-14H2,1H3,(H,27,30)/t15-,18?,20-/m1/s1. The summed E-state index contributed by atoms with van der Waals surface area (Å²) >= 11 is 0. The molecule has 3 aliphatic rings. The summed E-state index contributed by atoms with van der Waals surface area (Å²) in [5, 5.41) is 12.6. The van der Waals surface area contributed by atoms with Gasteiger partial charge in [0.25, 0.3) is 5.91 Å². The van der Waals surface area contributed by atoms with E-state index >= 15 is 0 Å². The van der Waals surface area contributed by atoms with Crippen molar-refractivity contribution in [3.63, 3.8) is 0 Å². The van der Waals surface area contributed by atoms with Crippen LogP contribution in [0.1, 0.15) is 31.7 Å². The van der Waals surface area contributed by atoms with Crippen molar-refractivity contribution in [1.82, 2.24) is 20.2 Å². The Kier molecular flexibility index (Phi) is 5.47. The van der Waals surface area contributed by atoms with Gasteiger partial charge in [0, 0.05) is 44.6 Å². The Morgan fingerprint density at radius 3 is 2.77 bits per heavy atom. The van der Waals surface area contributed by atoms with Crippen LogP contribution < -0.4 is 10.2 Å². The summed E-state index contributed by atoms with van der Waals surface area (Å²) in [6, 6.07) is 6.05. The van der Waals surface area contributed by atoms with Gasteiger partial charge in [0.15, 0.2) is 6.10 Å². The molecular formula is C23H28N6O2. The molecule has 3 heterocycles. The maximum Gasteiger partial charge on any atom is 0.251 e. The van der Waals surface area contributed by atoms with E-state index in [9.17, 15) is 10.1 Å². The molecule has 3 fully saturated rings. The summed E-state index contributed by atoms with van der Waals surface area (Å²) in [6.45, 7) is 6.25. The SMILES string of the molecule is C[C@@H]1CN(c2ccc(C#N)c3nccnc23)C[C@H](C(=O)NC2CCN(CC3CC3)C2)O1. The van der Waals surface area contributed by atoms with Crippen LogP contribution in [-0.4, -0.2) is 71.7 Å². The van der Waals surface area contributed by atoms with Crippen molar-refractivity contribution < 1.29 is 9.53 Å². The minimum atomic E-state index is -0.538. The van der Waals surface area contributed by atoms with Gasteiger partial charge in [-0.2, -0.15) is 5.26 Å². The number of nitriles is 1. The number of aromatic nitrogens is 2. The number of benzene rings is 1. The van der Waals surface area contributed by atoms with Gasteiger partial charge in [-0.1, -0.05) is 0 Å². The molecule has 3 atom stereocenters. The monoisotopic (exact) mass is 420 g/mol. The van der Waals surface area contributed by atoms with E-state index in [-0.39, 0.29) is 18.1 Å². The van der Waals surface area contributed by atoms with Crippen LogP contribution in [0.4, 0.5) is 5.69 Å². The molecule has 1 aromatic carbocycles. The Labute approximate surface area is 182 Å². The number of nitrogens with zero attached hydrogens (tertiary/aromatic N) is 5. The third kappa shape index (κ3) is 4.34. The summed E-state index contributed by atoms with van der Waals surface area (Å²) in [6.07, 6.45) is 6.30. The van der Waals surface area contributed by atoms with Crippen molar-refractivity contribution in [3.8, 4) is 6.07 Å². The topological polar surface area (TPSA) is 94.4 Å². The van der Waals surface area contributed by atoms with E-state index in [0.29, 0.717) is 29.7 Å². The molecule has 5 rings (SSSR count). The Bertz CT molecular complexity index is 1020. The van der Waals surface area contributed by atoms with E-state index in [2.05, 4.69) is 31.2 Å². The molecule has 8 nitrogen and oxygen atoms in total. The van der Waals surface area contributed by atoms with Crippen LogP contribution in [0.15, 0.2) is 24.5 Å². The number of hydrogen-bond acceptors (Lipinski definition) is 7. The van der Waals surface area contributed by atoms with Crippen molar-refractivity contribution in [1.29, 1.82) is 5.26 Å². The molecule has 162 valence electrons. The molecule has 1 aromatic heterocycles. The second-order valence-electron chi connectivity index (χ2n) is 9.04. The molecule has 0 bridgehead atoms. The van der Waals surface area contributed by atoms with E-state index < -0.39 is 6.10 Å². The molecule has 0 spiro atoms. The largest absolute Gasteiger partial charge is 0.364 e. The first-order valence-electron chi connectivity index (χ1n) is 11.2. The van der Waals surface area contributed by atoms with Crippen molar-refractivity contribution in [2.75, 3.05) is 37.6 Å². The van der Waals surface area contributed by atoms with Crippen molar-refractivity contribution >= 4 is 22.6 Å². The van der Waals surface area contributed by atoms with Crippen LogP contribution in [0.25, 0.3) is 11.0 Å². The Balaban J connectivity index is 1.29. The zero-order chi connectivity index (χ0) is 21.4. The molecule has 8 heteroatoms. The van der Waals surface area contributed by atoms with Crippen molar-refractivity contribution in [2.45, 2.75) is 44.4 Å². The first-order chi connectivity index (χ1) is 15.1. The summed E-state index contributed by atoms with van der Waals surface area (Å²) in [5.74, 6) is 0.828. The Hall–Kier alpha value is -2.76. The Morgan fingerprint density at radius 1 is 1.19 bits per heavy atom. The summed E-state index contributed by atoms with van der Waals surface area (Å²) in [4.78, 5) is 26.5. The lowest BCUT2D eigenvalue weighted by molar-refractivity contribution is -0.138. The van der Waals surface area contributed by atoms with Crippen LogP contribution in [0, 0.1) is 17.2 Å². The second kappa shape index (κ2) is 8.40. The number of hydrogen-bond donors (Lipinski definition) is 1. The number of amides is 1. The normalized spacial score (nSPS) is 26.7. The molecule has 1 unspecified atom stereocenters. The maximum atomic E-state index is 13.0. The van der Waals surface area contributed by atoms with Gasteiger partial charge < -0.3 is 19.9 Å². The highest BCUT2D eigenvalue weighted by Crippen LogP contribution is 2.31. The first kappa shape index (κ1) is 20.2. The smallest absolute Gasteiger partial charge is 0.251 e. The molecule has 31 heavy (non-hydrogen) atoms. The number of nitrogens with one attached hydrogen (secondary N) is 1. The summed E-state index contributed by atoms with van der Waals surface area (Å²) < 4.78 is 6.01. The van der Waals surface area contributed by atoms with Gasteiger partial charge in [0.1, 0.15) is 17.1 Å². The van der Waals surface area contributed by atoms with E-state index in [1.807, 2.05) is 13.0 Å². The van der Waals surface area contributed by atoms with Gasteiger partial charge in [-0.25, -0.2) is 0 Å². The molecule has 0 radical (unpaired) electrons. The fourth-order valence-electron chi connectivity index (χ4n) is 4.76. The molecule has 2 aromatic rings. The lowest BCUT2D eigenvalue weighted by Gasteiger charge is -2.38. The van der Waals surface area contributed by atoms with E-state index in [0.717, 1.165) is 31.1 Å². The molecule has 2 aliphatic heterocycles. The number of carbonyl (C=O) groups excluding carboxylic acids is 1. The zero-order valence-corrected chi connectivity index (χ0v) is 17.8. The average Bonchev–Trinajstić information content (AvgIpc) is 3.49. The van der Waals surface area contributed by atoms with E-state index in [4.69, 9.17) is 4.74 Å². The van der Waals surface area contributed by atoms with Crippen molar-refractivity contribution in [3.05, 3.63) is 30.1 Å². The lowest BCUT2D eigenvalue weighted by Crippen LogP contribution is -2.54. The second-order valence-corrected chi connectivity index (χ2v) is 9.04. The van der Waals surface area contributed by atoms with Crippen LogP contribution >= 0.6 is 0 Å². The molecule has 1 aliphatic carbocycles. The van der Waals surface area contributed by atoms with Gasteiger partial charge in [0.2, 0.25) is 0 Å². The number of anilines is 1. The van der Waals surface area contributed by atoms with Gasteiger partial charge in [-0.15, -0.1) is 0 Å². The Morgan fingerprint density at radius 2 is 2.00 bits per heavy atom. The average molecular weight is 421 g/mol. The zero-order valence-electron chi connectivity index (χ0n) is 17.8. The number of rotatable bonds is 5. The highest BCUT2D eigenvalue weighted by atomic mass is 16.5. The number of fused-ring (bicyclic) bond motifs is 1. The van der Waals surface area contributed by atoms with Crippen LogP contribution in [0.3, 0.4) is 0 Å². The minimum Gasteiger partial charge on any atom is -0.364 e. The number of morpholine rings is 1. The fourth-order valence-corrected chi connectivity index (χ4v) is 4.76. The third-order valence-corrected chi connectivity index (χ3v) is 6.45. The van der Waals surface area contributed by atoms with Gasteiger partial charge in [-0.05, 0) is 44.2 Å². The highest BCUT2D eigenvalue weighted by molar-refractivity contribution is 5.92. The number of likely N-dealkylation sites (tertiary alicyclic amines) is 1. The molecule has 1 N–H and O–H groups in total. The summed E-state index contributed by atoms with van der Waals surface area (Å²) in [5.41, 5.74) is 2.65. The third-order valence-electron chi connectivity index (χ3n) is 6.45. The van der Waals surface area contributed by atoms with Gasteiger partial charge >= 0.3 is 0 Å². The molecular weight excluding hydrogens is 392 g/mol.